The molecule has 1 rings (SSSR count). The van der Waals surface area contributed by atoms with Gasteiger partial charge in [-0.3, -0.25) is 5.41 Å². The Morgan fingerprint density at radius 3 is 2.62 bits per heavy atom. The molecule has 0 saturated carbocycles. The van der Waals surface area contributed by atoms with Gasteiger partial charge in [0.1, 0.15) is 11.5 Å². The lowest BCUT2D eigenvalue weighted by Crippen LogP contribution is -2.12. The molecular formula is C5H5F3N4S. The first-order chi connectivity index (χ1) is 5.88. The average molecular weight is 210 g/mol. The molecule has 0 spiro atoms. The number of hydrogen-bond donors (Lipinski definition) is 2. The fourth-order valence-corrected chi connectivity index (χ4v) is 1.07. The van der Waals surface area contributed by atoms with Gasteiger partial charge in [0, 0.05) is 6.20 Å². The Morgan fingerprint density at radius 2 is 2.23 bits per heavy atom. The number of aromatic nitrogens is 2. The Bertz CT molecular complexity index is 318. The molecule has 0 bridgehead atoms. The van der Waals surface area contributed by atoms with E-state index in [2.05, 4.69) is 5.10 Å². The summed E-state index contributed by atoms with van der Waals surface area (Å²) in [6.45, 7) is 0. The number of nitrogens with zero attached hydrogens (tertiary/aromatic N) is 2. The summed E-state index contributed by atoms with van der Waals surface area (Å²) in [7, 11) is 0. The van der Waals surface area contributed by atoms with E-state index in [0.717, 1.165) is 6.20 Å². The Hall–Kier alpha value is -1.18. The van der Waals surface area contributed by atoms with Crippen molar-refractivity contribution in [2.24, 2.45) is 5.73 Å². The van der Waals surface area contributed by atoms with Gasteiger partial charge in [-0.25, -0.2) is 4.09 Å². The molecule has 1 heterocycles. The van der Waals surface area contributed by atoms with Crippen molar-refractivity contribution >= 4 is 17.8 Å². The van der Waals surface area contributed by atoms with E-state index in [9.17, 15) is 13.2 Å². The Morgan fingerprint density at radius 1 is 1.62 bits per heavy atom. The van der Waals surface area contributed by atoms with Crippen LogP contribution in [-0.2, 0) is 0 Å². The van der Waals surface area contributed by atoms with E-state index in [-0.39, 0.29) is 11.5 Å². The molecule has 0 saturated heterocycles. The van der Waals surface area contributed by atoms with Crippen molar-refractivity contribution in [3.63, 3.8) is 0 Å². The number of alkyl halides is 3. The Kier molecular flexibility index (Phi) is 2.50. The SMILES string of the molecule is N=C(N)c1ccn(SC(F)(F)F)n1. The number of nitrogens with two attached hydrogens (primary N) is 1. The van der Waals surface area contributed by atoms with Crippen LogP contribution < -0.4 is 5.73 Å². The van der Waals surface area contributed by atoms with E-state index in [4.69, 9.17) is 11.1 Å². The second-order valence-corrected chi connectivity index (χ2v) is 3.07. The van der Waals surface area contributed by atoms with Crippen LogP contribution in [0.5, 0.6) is 0 Å². The smallest absolute Gasteiger partial charge is 0.382 e. The molecule has 0 radical (unpaired) electrons. The zero-order valence-corrected chi connectivity index (χ0v) is 6.99. The van der Waals surface area contributed by atoms with Crippen LogP contribution in [0.25, 0.3) is 0 Å². The van der Waals surface area contributed by atoms with E-state index in [1.165, 1.54) is 6.07 Å². The van der Waals surface area contributed by atoms with Gasteiger partial charge in [-0.05, 0) is 6.07 Å². The maximum atomic E-state index is 11.8. The highest BCUT2D eigenvalue weighted by atomic mass is 32.2. The summed E-state index contributed by atoms with van der Waals surface area (Å²) < 4.78 is 35.9. The number of nitrogen functional groups attached to an aromatic ring is 1. The summed E-state index contributed by atoms with van der Waals surface area (Å²) in [5.41, 5.74) is 0.644. The first-order valence-electron chi connectivity index (χ1n) is 3.05. The molecule has 8 heteroatoms. The van der Waals surface area contributed by atoms with Gasteiger partial charge in [-0.1, -0.05) is 0 Å². The molecule has 72 valence electrons. The van der Waals surface area contributed by atoms with Crippen LogP contribution in [0, 0.1) is 5.41 Å². The van der Waals surface area contributed by atoms with Crippen LogP contribution in [0.1, 0.15) is 5.69 Å². The molecule has 0 atom stereocenters. The molecule has 0 unspecified atom stereocenters. The maximum absolute atomic E-state index is 11.8. The number of amidine groups is 1. The van der Waals surface area contributed by atoms with Crippen molar-refractivity contribution in [1.82, 2.24) is 9.19 Å². The van der Waals surface area contributed by atoms with Crippen molar-refractivity contribution < 1.29 is 13.2 Å². The monoisotopic (exact) mass is 210 g/mol. The van der Waals surface area contributed by atoms with E-state index >= 15 is 0 Å². The van der Waals surface area contributed by atoms with Crippen LogP contribution >= 0.6 is 11.9 Å². The fraction of sp³-hybridized carbons (Fsp3) is 0.200. The summed E-state index contributed by atoms with van der Waals surface area (Å²) in [5.74, 6) is -0.360. The van der Waals surface area contributed by atoms with E-state index < -0.39 is 17.5 Å². The minimum Gasteiger partial charge on any atom is -0.382 e. The van der Waals surface area contributed by atoms with Gasteiger partial charge in [0.2, 0.25) is 0 Å². The van der Waals surface area contributed by atoms with Crippen molar-refractivity contribution in [3.05, 3.63) is 18.0 Å². The highest BCUT2D eigenvalue weighted by Crippen LogP contribution is 2.30. The molecule has 13 heavy (non-hydrogen) atoms. The molecule has 4 nitrogen and oxygen atoms in total. The minimum absolute atomic E-state index is 0.0248. The van der Waals surface area contributed by atoms with Gasteiger partial charge in [0.25, 0.3) is 0 Å². The lowest BCUT2D eigenvalue weighted by molar-refractivity contribution is -0.0336. The van der Waals surface area contributed by atoms with Crippen LogP contribution in [0.3, 0.4) is 0 Å². The molecule has 0 aliphatic rings. The number of halogens is 3. The lowest BCUT2D eigenvalue weighted by Gasteiger charge is -2.03. The Labute approximate surface area is 75.5 Å². The highest BCUT2D eigenvalue weighted by Gasteiger charge is 2.30. The zero-order chi connectivity index (χ0) is 10.1. The van der Waals surface area contributed by atoms with Gasteiger partial charge >= 0.3 is 5.51 Å². The zero-order valence-electron chi connectivity index (χ0n) is 6.17. The molecule has 0 aromatic carbocycles. The molecule has 0 amide bonds. The summed E-state index contributed by atoms with van der Waals surface area (Å²) >= 11 is -0.408. The maximum Gasteiger partial charge on any atom is 0.463 e. The second-order valence-electron chi connectivity index (χ2n) is 2.05. The molecule has 0 fully saturated rings. The molecule has 3 N–H and O–H groups in total. The third-order valence-electron chi connectivity index (χ3n) is 1.04. The predicted molar refractivity (Wildman–Crippen MR) is 42.3 cm³/mol. The average Bonchev–Trinajstić information content (AvgIpc) is 2.31. The van der Waals surface area contributed by atoms with Crippen molar-refractivity contribution in [2.45, 2.75) is 5.51 Å². The first kappa shape index (κ1) is 9.90. The first-order valence-corrected chi connectivity index (χ1v) is 3.82. The number of nitrogens with one attached hydrogen (secondary N) is 1. The quantitative estimate of drug-likeness (QED) is 0.569. The predicted octanol–water partition coefficient (Wildman–Crippen LogP) is 1.18. The lowest BCUT2D eigenvalue weighted by atomic mass is 10.4. The topological polar surface area (TPSA) is 67.7 Å². The van der Waals surface area contributed by atoms with Crippen LogP contribution in [-0.4, -0.2) is 20.5 Å². The van der Waals surface area contributed by atoms with Gasteiger partial charge in [0.05, 0.1) is 11.9 Å². The van der Waals surface area contributed by atoms with Gasteiger partial charge in [-0.2, -0.15) is 18.3 Å². The summed E-state index contributed by atoms with van der Waals surface area (Å²) in [5, 5.41) is 10.3. The van der Waals surface area contributed by atoms with Gasteiger partial charge < -0.3 is 5.73 Å². The van der Waals surface area contributed by atoms with Crippen molar-refractivity contribution in [3.8, 4) is 0 Å². The summed E-state index contributed by atoms with van der Waals surface area (Å²) in [6, 6.07) is 1.24. The fourth-order valence-electron chi connectivity index (χ4n) is 0.608. The summed E-state index contributed by atoms with van der Waals surface area (Å²) in [4.78, 5) is 0. The van der Waals surface area contributed by atoms with Crippen LogP contribution in [0.15, 0.2) is 12.3 Å². The normalized spacial score (nSPS) is 11.6. The minimum atomic E-state index is -4.39. The third-order valence-corrected chi connectivity index (χ3v) is 1.64. The van der Waals surface area contributed by atoms with E-state index in [1.54, 1.807) is 0 Å². The van der Waals surface area contributed by atoms with Crippen molar-refractivity contribution in [2.75, 3.05) is 0 Å². The molecule has 0 aliphatic heterocycles. The largest absolute Gasteiger partial charge is 0.463 e. The number of rotatable bonds is 2. The molecule has 0 aliphatic carbocycles. The molecular weight excluding hydrogens is 205 g/mol. The standard InChI is InChI=1S/C5H5F3N4S/c6-5(7,8)13-12-2-1-3(11-12)4(9)10/h1-2H,(H3,9,10). The van der Waals surface area contributed by atoms with Crippen molar-refractivity contribution in [1.29, 1.82) is 5.41 Å². The van der Waals surface area contributed by atoms with Crippen LogP contribution in [0.2, 0.25) is 0 Å². The Balaban J connectivity index is 2.75. The number of hydrogen-bond acceptors (Lipinski definition) is 3. The van der Waals surface area contributed by atoms with E-state index in [0.29, 0.717) is 4.09 Å². The second kappa shape index (κ2) is 3.29. The highest BCUT2D eigenvalue weighted by molar-refractivity contribution is 7.98. The molecule has 1 aromatic rings. The van der Waals surface area contributed by atoms with Crippen LogP contribution in [0.4, 0.5) is 13.2 Å². The van der Waals surface area contributed by atoms with Gasteiger partial charge in [-0.15, -0.1) is 0 Å². The third kappa shape index (κ3) is 2.98. The van der Waals surface area contributed by atoms with E-state index in [1.807, 2.05) is 0 Å². The summed E-state index contributed by atoms with van der Waals surface area (Å²) in [6.07, 6.45) is 1.09. The molecule has 1 aromatic heterocycles. The van der Waals surface area contributed by atoms with Gasteiger partial charge in [0.15, 0.2) is 0 Å².